The van der Waals surface area contributed by atoms with Gasteiger partial charge in [0.05, 0.1) is 34.6 Å². The molecule has 9 heteroatoms. The van der Waals surface area contributed by atoms with Crippen LogP contribution in [-0.2, 0) is 6.54 Å². The predicted octanol–water partition coefficient (Wildman–Crippen LogP) is 3.73. The average Bonchev–Trinajstić information content (AvgIpc) is 3.51. The number of fused-ring (bicyclic) bond motifs is 1. The third-order valence-electron chi connectivity index (χ3n) is 5.69. The Morgan fingerprint density at radius 1 is 1.11 bits per heavy atom. The third kappa shape index (κ3) is 4.20. The van der Waals surface area contributed by atoms with Gasteiger partial charge in [-0.05, 0) is 42.8 Å². The van der Waals surface area contributed by atoms with Crippen LogP contribution in [0.5, 0.6) is 0 Å². The molecular formula is C26H22N8O. The Labute approximate surface area is 201 Å². The van der Waals surface area contributed by atoms with Crippen LogP contribution in [-0.4, -0.2) is 37.3 Å². The first-order chi connectivity index (χ1) is 17.1. The molecule has 0 aliphatic heterocycles. The van der Waals surface area contributed by atoms with E-state index in [1.807, 2.05) is 67.7 Å². The van der Waals surface area contributed by atoms with Crippen LogP contribution < -0.4 is 10.6 Å². The van der Waals surface area contributed by atoms with Crippen LogP contribution in [0.25, 0.3) is 22.6 Å². The van der Waals surface area contributed by atoms with Gasteiger partial charge in [0.25, 0.3) is 5.91 Å². The number of nitrogens with zero attached hydrogens (tertiary/aromatic N) is 6. The Hall–Kier alpha value is -4.97. The van der Waals surface area contributed by atoms with Crippen LogP contribution in [0.15, 0.2) is 73.1 Å². The summed E-state index contributed by atoms with van der Waals surface area (Å²) in [6.45, 7) is 2.38. The van der Waals surface area contributed by atoms with E-state index in [0.717, 1.165) is 22.5 Å². The van der Waals surface area contributed by atoms with Gasteiger partial charge in [0.15, 0.2) is 5.82 Å². The van der Waals surface area contributed by atoms with Gasteiger partial charge in [0.2, 0.25) is 0 Å². The molecule has 0 fully saturated rings. The number of carbonyl (C=O) groups is 1. The van der Waals surface area contributed by atoms with Gasteiger partial charge in [-0.1, -0.05) is 24.3 Å². The molecule has 0 radical (unpaired) electrons. The van der Waals surface area contributed by atoms with E-state index >= 15 is 0 Å². The second-order valence-corrected chi connectivity index (χ2v) is 7.97. The molecule has 5 rings (SSSR count). The number of aryl methyl sites for hydroxylation is 1. The van der Waals surface area contributed by atoms with Crippen LogP contribution in [0, 0.1) is 18.3 Å². The molecule has 0 spiro atoms. The topological polar surface area (TPSA) is 113 Å². The fourth-order valence-corrected chi connectivity index (χ4v) is 3.91. The second-order valence-electron chi connectivity index (χ2n) is 7.97. The van der Waals surface area contributed by atoms with Crippen molar-refractivity contribution in [1.29, 1.82) is 5.26 Å². The molecular weight excluding hydrogens is 440 g/mol. The van der Waals surface area contributed by atoms with Crippen molar-refractivity contribution in [1.82, 2.24) is 29.7 Å². The van der Waals surface area contributed by atoms with Gasteiger partial charge in [0, 0.05) is 37.1 Å². The van der Waals surface area contributed by atoms with Crippen LogP contribution in [0.2, 0.25) is 0 Å². The molecule has 1 aromatic carbocycles. The molecule has 4 aromatic heterocycles. The fourth-order valence-electron chi connectivity index (χ4n) is 3.91. The van der Waals surface area contributed by atoms with Gasteiger partial charge in [0.1, 0.15) is 5.82 Å². The van der Waals surface area contributed by atoms with Crippen molar-refractivity contribution in [3.8, 4) is 23.1 Å². The lowest BCUT2D eigenvalue weighted by atomic mass is 10.1. The van der Waals surface area contributed by atoms with Crippen LogP contribution >= 0.6 is 0 Å². The maximum absolute atomic E-state index is 12.3. The van der Waals surface area contributed by atoms with Crippen molar-refractivity contribution in [2.45, 2.75) is 13.5 Å². The summed E-state index contributed by atoms with van der Waals surface area (Å²) in [5.74, 6) is 1.10. The standard InChI is InChI=1S/C26H22N8O/c1-17-6-5-9-25(31-17)34-22(13-24(32-34)29-15-20-8-4-3-7-19(20)14-27)18-10-11-33-23(12-18)21(16-30-33)26(35)28-2/h3-13,16H,15H2,1-2H3,(H,28,35)(H,29,32). The number of nitrogens with one attached hydrogen (secondary N) is 2. The molecule has 0 saturated carbocycles. The normalized spacial score (nSPS) is 10.8. The van der Waals surface area contributed by atoms with Gasteiger partial charge in [-0.15, -0.1) is 5.10 Å². The molecule has 9 nitrogen and oxygen atoms in total. The lowest BCUT2D eigenvalue weighted by Gasteiger charge is -2.08. The molecule has 0 saturated heterocycles. The van der Waals surface area contributed by atoms with E-state index in [2.05, 4.69) is 26.8 Å². The molecule has 35 heavy (non-hydrogen) atoms. The number of benzene rings is 1. The summed E-state index contributed by atoms with van der Waals surface area (Å²) in [7, 11) is 1.59. The minimum absolute atomic E-state index is 0.204. The number of carbonyl (C=O) groups excluding carboxylic acids is 1. The van der Waals surface area contributed by atoms with Gasteiger partial charge in [-0.3, -0.25) is 4.79 Å². The highest BCUT2D eigenvalue weighted by atomic mass is 16.1. The zero-order valence-corrected chi connectivity index (χ0v) is 19.2. The van der Waals surface area contributed by atoms with E-state index in [4.69, 9.17) is 5.10 Å². The average molecular weight is 463 g/mol. The molecule has 0 aliphatic rings. The molecule has 172 valence electrons. The van der Waals surface area contributed by atoms with Gasteiger partial charge in [-0.2, -0.15) is 10.4 Å². The minimum atomic E-state index is -0.204. The van der Waals surface area contributed by atoms with Crippen molar-refractivity contribution in [3.05, 3.63) is 95.4 Å². The van der Waals surface area contributed by atoms with E-state index in [1.54, 1.807) is 28.5 Å². The zero-order valence-electron chi connectivity index (χ0n) is 19.2. The highest BCUT2D eigenvalue weighted by molar-refractivity contribution is 6.01. The number of rotatable bonds is 6. The maximum Gasteiger partial charge on any atom is 0.254 e. The first-order valence-corrected chi connectivity index (χ1v) is 11.0. The fraction of sp³-hybridized carbons (Fsp3) is 0.115. The van der Waals surface area contributed by atoms with Crippen LogP contribution in [0.3, 0.4) is 0 Å². The van der Waals surface area contributed by atoms with E-state index in [1.165, 1.54) is 0 Å². The number of amides is 1. The molecule has 0 aliphatic carbocycles. The van der Waals surface area contributed by atoms with E-state index < -0.39 is 0 Å². The quantitative estimate of drug-likeness (QED) is 0.398. The lowest BCUT2D eigenvalue weighted by Crippen LogP contribution is -2.17. The molecule has 2 N–H and O–H groups in total. The van der Waals surface area contributed by atoms with Crippen molar-refractivity contribution in [3.63, 3.8) is 0 Å². The molecule has 4 heterocycles. The Bertz CT molecular complexity index is 1590. The van der Waals surface area contributed by atoms with Gasteiger partial charge >= 0.3 is 0 Å². The number of hydrogen-bond acceptors (Lipinski definition) is 6. The van der Waals surface area contributed by atoms with Crippen molar-refractivity contribution >= 4 is 17.2 Å². The van der Waals surface area contributed by atoms with Crippen LogP contribution in [0.4, 0.5) is 5.82 Å². The summed E-state index contributed by atoms with van der Waals surface area (Å²) >= 11 is 0. The van der Waals surface area contributed by atoms with Gasteiger partial charge < -0.3 is 10.6 Å². The summed E-state index contributed by atoms with van der Waals surface area (Å²) < 4.78 is 3.44. The van der Waals surface area contributed by atoms with Gasteiger partial charge in [-0.25, -0.2) is 14.2 Å². The lowest BCUT2D eigenvalue weighted by molar-refractivity contribution is 0.0964. The number of aromatic nitrogens is 5. The Balaban J connectivity index is 1.58. The van der Waals surface area contributed by atoms with Crippen molar-refractivity contribution < 1.29 is 4.79 Å². The first kappa shape index (κ1) is 21.9. The minimum Gasteiger partial charge on any atom is -0.364 e. The molecule has 0 atom stereocenters. The largest absolute Gasteiger partial charge is 0.364 e. The number of anilines is 1. The first-order valence-electron chi connectivity index (χ1n) is 11.0. The Morgan fingerprint density at radius 3 is 2.77 bits per heavy atom. The van der Waals surface area contributed by atoms with E-state index in [0.29, 0.717) is 34.8 Å². The SMILES string of the molecule is CNC(=O)c1cnn2ccc(-c3cc(NCc4ccccc4C#N)nn3-c3cccc(C)n3)cc12. The summed E-state index contributed by atoms with van der Waals surface area (Å²) in [6, 6.07) is 21.2. The number of hydrogen-bond donors (Lipinski definition) is 2. The summed E-state index contributed by atoms with van der Waals surface area (Å²) in [6.07, 6.45) is 3.37. The highest BCUT2D eigenvalue weighted by Crippen LogP contribution is 2.28. The molecule has 1 amide bonds. The number of pyridine rings is 2. The molecule has 0 bridgehead atoms. The summed E-state index contributed by atoms with van der Waals surface area (Å²) in [5, 5.41) is 24.4. The summed E-state index contributed by atoms with van der Waals surface area (Å²) in [5.41, 5.74) is 5.19. The smallest absolute Gasteiger partial charge is 0.254 e. The third-order valence-corrected chi connectivity index (χ3v) is 5.69. The zero-order chi connectivity index (χ0) is 24.4. The Kier molecular flexibility index (Phi) is 5.69. The maximum atomic E-state index is 12.3. The highest BCUT2D eigenvalue weighted by Gasteiger charge is 2.17. The van der Waals surface area contributed by atoms with Crippen molar-refractivity contribution in [2.75, 3.05) is 12.4 Å². The second kappa shape index (κ2) is 9.11. The van der Waals surface area contributed by atoms with E-state index in [-0.39, 0.29) is 5.91 Å². The van der Waals surface area contributed by atoms with E-state index in [9.17, 15) is 10.1 Å². The van der Waals surface area contributed by atoms with Crippen LogP contribution in [0.1, 0.15) is 27.2 Å². The predicted molar refractivity (Wildman–Crippen MR) is 132 cm³/mol. The summed E-state index contributed by atoms with van der Waals surface area (Å²) in [4.78, 5) is 17.0. The molecule has 5 aromatic rings. The molecule has 0 unspecified atom stereocenters. The van der Waals surface area contributed by atoms with Crippen molar-refractivity contribution in [2.24, 2.45) is 0 Å². The monoisotopic (exact) mass is 462 g/mol. The Morgan fingerprint density at radius 2 is 1.97 bits per heavy atom. The number of nitriles is 1.